The van der Waals surface area contributed by atoms with Crippen molar-refractivity contribution >= 4 is 11.6 Å². The smallest absolute Gasteiger partial charge is 0.231 e. The molecule has 2 rings (SSSR count). The Labute approximate surface area is 118 Å². The quantitative estimate of drug-likeness (QED) is 0.829. The summed E-state index contributed by atoms with van der Waals surface area (Å²) in [6.07, 6.45) is 0.208. The van der Waals surface area contributed by atoms with E-state index >= 15 is 0 Å². The Morgan fingerprint density at radius 2 is 1.90 bits per heavy atom. The second-order valence-electron chi connectivity index (χ2n) is 4.78. The summed E-state index contributed by atoms with van der Waals surface area (Å²) in [6, 6.07) is 14.0. The molecule has 2 aromatic carbocycles. The number of anilines is 1. The van der Waals surface area contributed by atoms with Crippen molar-refractivity contribution in [2.24, 2.45) is 0 Å². The summed E-state index contributed by atoms with van der Waals surface area (Å²) in [7, 11) is 0. The normalized spacial score (nSPS) is 10.3. The predicted octanol–water partition coefficient (Wildman–Crippen LogP) is 3.73. The van der Waals surface area contributed by atoms with E-state index < -0.39 is 0 Å². The summed E-state index contributed by atoms with van der Waals surface area (Å²) in [5, 5.41) is 0. The van der Waals surface area contributed by atoms with Crippen molar-refractivity contribution in [1.29, 1.82) is 0 Å². The summed E-state index contributed by atoms with van der Waals surface area (Å²) >= 11 is 0. The van der Waals surface area contributed by atoms with E-state index in [0.29, 0.717) is 12.1 Å². The zero-order valence-corrected chi connectivity index (χ0v) is 11.8. The number of amides is 1. The van der Waals surface area contributed by atoms with Crippen LogP contribution < -0.4 is 4.90 Å². The molecular weight excluding hydrogens is 253 g/mol. The molecule has 0 bridgehead atoms. The number of carbonyl (C=O) groups is 1. The minimum atomic E-state index is -0.311. The van der Waals surface area contributed by atoms with Crippen LogP contribution in [0.4, 0.5) is 10.1 Å². The molecule has 0 saturated carbocycles. The van der Waals surface area contributed by atoms with E-state index in [-0.39, 0.29) is 18.1 Å². The minimum Gasteiger partial charge on any atom is -0.312 e. The number of aryl methyl sites for hydroxylation is 1. The zero-order chi connectivity index (χ0) is 14.5. The standard InChI is InChI=1S/C17H18FNO/c1-3-19(16-9-4-6-13(2)10-16)17(20)12-14-7-5-8-15(18)11-14/h4-11H,3,12H2,1-2H3. The Kier molecular flexibility index (Phi) is 4.51. The topological polar surface area (TPSA) is 20.3 Å². The second kappa shape index (κ2) is 6.33. The van der Waals surface area contributed by atoms with Crippen LogP contribution in [-0.2, 0) is 11.2 Å². The van der Waals surface area contributed by atoms with Crippen molar-refractivity contribution < 1.29 is 9.18 Å². The summed E-state index contributed by atoms with van der Waals surface area (Å²) in [5.41, 5.74) is 2.69. The van der Waals surface area contributed by atoms with Gasteiger partial charge in [0.2, 0.25) is 5.91 Å². The predicted molar refractivity (Wildman–Crippen MR) is 79.3 cm³/mol. The van der Waals surface area contributed by atoms with Gasteiger partial charge in [0.1, 0.15) is 5.82 Å². The highest BCUT2D eigenvalue weighted by atomic mass is 19.1. The lowest BCUT2D eigenvalue weighted by Crippen LogP contribution is -2.32. The van der Waals surface area contributed by atoms with Crippen molar-refractivity contribution in [3.63, 3.8) is 0 Å². The van der Waals surface area contributed by atoms with Crippen LogP contribution >= 0.6 is 0 Å². The first-order valence-electron chi connectivity index (χ1n) is 6.71. The molecule has 0 unspecified atom stereocenters. The van der Waals surface area contributed by atoms with Crippen molar-refractivity contribution in [2.75, 3.05) is 11.4 Å². The molecule has 3 heteroatoms. The first kappa shape index (κ1) is 14.3. The highest BCUT2D eigenvalue weighted by Crippen LogP contribution is 2.17. The molecule has 0 aliphatic rings. The molecule has 0 spiro atoms. The number of halogens is 1. The molecule has 0 aromatic heterocycles. The van der Waals surface area contributed by atoms with Crippen molar-refractivity contribution in [1.82, 2.24) is 0 Å². The number of nitrogens with zero attached hydrogens (tertiary/aromatic N) is 1. The number of benzene rings is 2. The Balaban J connectivity index is 2.17. The number of rotatable bonds is 4. The molecule has 0 atom stereocenters. The third-order valence-corrected chi connectivity index (χ3v) is 3.17. The van der Waals surface area contributed by atoms with Gasteiger partial charge in [-0.3, -0.25) is 4.79 Å². The molecule has 1 amide bonds. The molecule has 20 heavy (non-hydrogen) atoms. The number of likely N-dealkylation sites (N-methyl/N-ethyl adjacent to an activating group) is 1. The summed E-state index contributed by atoms with van der Waals surface area (Å²) in [4.78, 5) is 14.1. The summed E-state index contributed by atoms with van der Waals surface area (Å²) in [5.74, 6) is -0.336. The molecule has 0 fully saturated rings. The number of hydrogen-bond donors (Lipinski definition) is 0. The fraction of sp³-hybridized carbons (Fsp3) is 0.235. The molecule has 0 N–H and O–H groups in total. The lowest BCUT2D eigenvalue weighted by atomic mass is 10.1. The van der Waals surface area contributed by atoms with Gasteiger partial charge in [0.05, 0.1) is 6.42 Å². The molecule has 0 aliphatic carbocycles. The van der Waals surface area contributed by atoms with Crippen LogP contribution in [0.5, 0.6) is 0 Å². The van der Waals surface area contributed by atoms with Gasteiger partial charge < -0.3 is 4.90 Å². The van der Waals surface area contributed by atoms with E-state index in [9.17, 15) is 9.18 Å². The van der Waals surface area contributed by atoms with Crippen LogP contribution in [0.2, 0.25) is 0 Å². The van der Waals surface area contributed by atoms with E-state index in [0.717, 1.165) is 11.3 Å². The van der Waals surface area contributed by atoms with Crippen LogP contribution in [0.3, 0.4) is 0 Å². The maximum atomic E-state index is 13.2. The largest absolute Gasteiger partial charge is 0.312 e. The maximum Gasteiger partial charge on any atom is 0.231 e. The van der Waals surface area contributed by atoms with Gasteiger partial charge in [0.15, 0.2) is 0 Å². The van der Waals surface area contributed by atoms with Crippen LogP contribution in [0.15, 0.2) is 48.5 Å². The molecule has 2 nitrogen and oxygen atoms in total. The van der Waals surface area contributed by atoms with Gasteiger partial charge >= 0.3 is 0 Å². The first-order chi connectivity index (χ1) is 9.60. The third-order valence-electron chi connectivity index (χ3n) is 3.17. The average molecular weight is 271 g/mol. The van der Waals surface area contributed by atoms with E-state index in [2.05, 4.69) is 0 Å². The highest BCUT2D eigenvalue weighted by Gasteiger charge is 2.14. The monoisotopic (exact) mass is 271 g/mol. The number of hydrogen-bond acceptors (Lipinski definition) is 1. The van der Waals surface area contributed by atoms with Crippen molar-refractivity contribution in [3.8, 4) is 0 Å². The van der Waals surface area contributed by atoms with Gasteiger partial charge in [0.25, 0.3) is 0 Å². The van der Waals surface area contributed by atoms with Gasteiger partial charge in [-0.05, 0) is 49.2 Å². The fourth-order valence-electron chi connectivity index (χ4n) is 2.22. The van der Waals surface area contributed by atoms with Gasteiger partial charge in [-0.2, -0.15) is 0 Å². The molecular formula is C17H18FNO. The van der Waals surface area contributed by atoms with Gasteiger partial charge in [-0.25, -0.2) is 4.39 Å². The van der Waals surface area contributed by atoms with Crippen LogP contribution in [0.1, 0.15) is 18.1 Å². The minimum absolute atomic E-state index is 0.0244. The number of carbonyl (C=O) groups excluding carboxylic acids is 1. The van der Waals surface area contributed by atoms with Gasteiger partial charge in [-0.1, -0.05) is 24.3 Å². The lowest BCUT2D eigenvalue weighted by molar-refractivity contribution is -0.117. The molecule has 104 valence electrons. The van der Waals surface area contributed by atoms with E-state index in [1.807, 2.05) is 38.1 Å². The van der Waals surface area contributed by atoms with Crippen LogP contribution in [0.25, 0.3) is 0 Å². The fourth-order valence-corrected chi connectivity index (χ4v) is 2.22. The lowest BCUT2D eigenvalue weighted by Gasteiger charge is -2.21. The molecule has 0 heterocycles. The van der Waals surface area contributed by atoms with Crippen molar-refractivity contribution in [3.05, 3.63) is 65.5 Å². The molecule has 0 aliphatic heterocycles. The zero-order valence-electron chi connectivity index (χ0n) is 11.8. The van der Waals surface area contributed by atoms with Gasteiger partial charge in [-0.15, -0.1) is 0 Å². The second-order valence-corrected chi connectivity index (χ2v) is 4.78. The molecule has 2 aromatic rings. The van der Waals surface area contributed by atoms with E-state index in [1.54, 1.807) is 17.0 Å². The third kappa shape index (κ3) is 3.44. The Morgan fingerprint density at radius 3 is 2.55 bits per heavy atom. The first-order valence-corrected chi connectivity index (χ1v) is 6.71. The molecule has 0 radical (unpaired) electrons. The van der Waals surface area contributed by atoms with E-state index in [1.165, 1.54) is 12.1 Å². The Hall–Kier alpha value is -2.16. The molecule has 0 saturated heterocycles. The van der Waals surface area contributed by atoms with E-state index in [4.69, 9.17) is 0 Å². The summed E-state index contributed by atoms with van der Waals surface area (Å²) < 4.78 is 13.2. The van der Waals surface area contributed by atoms with Crippen LogP contribution in [0, 0.1) is 12.7 Å². The average Bonchev–Trinajstić information content (AvgIpc) is 2.39. The highest BCUT2D eigenvalue weighted by molar-refractivity contribution is 5.94. The maximum absolute atomic E-state index is 13.2. The van der Waals surface area contributed by atoms with Crippen LogP contribution in [-0.4, -0.2) is 12.5 Å². The summed E-state index contributed by atoms with van der Waals surface area (Å²) in [6.45, 7) is 4.53. The Bertz CT molecular complexity index is 609. The SMILES string of the molecule is CCN(C(=O)Cc1cccc(F)c1)c1cccc(C)c1. The van der Waals surface area contributed by atoms with Gasteiger partial charge in [0, 0.05) is 12.2 Å². The van der Waals surface area contributed by atoms with Crippen molar-refractivity contribution in [2.45, 2.75) is 20.3 Å². The Morgan fingerprint density at radius 1 is 1.15 bits per heavy atom.